The normalized spacial score (nSPS) is 15.1. The third-order valence-corrected chi connectivity index (χ3v) is 4.20. The zero-order chi connectivity index (χ0) is 16.9. The second-order valence-electron chi connectivity index (χ2n) is 6.04. The summed E-state index contributed by atoms with van der Waals surface area (Å²) in [5, 5.41) is 7.86. The molecule has 2 heterocycles. The Morgan fingerprint density at radius 3 is 2.71 bits per heavy atom. The van der Waals surface area contributed by atoms with Gasteiger partial charge in [-0.3, -0.25) is 4.40 Å². The summed E-state index contributed by atoms with van der Waals surface area (Å²) in [5.41, 5.74) is 8.18. The van der Waals surface area contributed by atoms with Gasteiger partial charge >= 0.3 is 6.18 Å². The maximum atomic E-state index is 13.0. The Bertz CT molecular complexity index is 912. The Kier molecular flexibility index (Phi) is 3.22. The molecule has 0 atom stereocenters. The van der Waals surface area contributed by atoms with E-state index >= 15 is 0 Å². The van der Waals surface area contributed by atoms with E-state index in [2.05, 4.69) is 15.2 Å². The molecule has 8 heteroatoms. The Morgan fingerprint density at radius 2 is 2.00 bits per heavy atom. The van der Waals surface area contributed by atoms with Crippen LogP contribution in [-0.4, -0.2) is 25.8 Å². The highest BCUT2D eigenvalue weighted by atomic mass is 19.4. The second-order valence-corrected chi connectivity index (χ2v) is 6.04. The first-order valence-corrected chi connectivity index (χ1v) is 7.56. The Balaban J connectivity index is 1.89. The van der Waals surface area contributed by atoms with E-state index in [1.54, 1.807) is 12.1 Å². The van der Waals surface area contributed by atoms with Gasteiger partial charge in [0.05, 0.1) is 18.1 Å². The monoisotopic (exact) mass is 333 g/mol. The van der Waals surface area contributed by atoms with Crippen LogP contribution in [0.5, 0.6) is 0 Å². The van der Waals surface area contributed by atoms with Crippen LogP contribution < -0.4 is 5.73 Å². The topological polar surface area (TPSA) is 69.1 Å². The van der Waals surface area contributed by atoms with Gasteiger partial charge < -0.3 is 5.73 Å². The molecule has 0 bridgehead atoms. The van der Waals surface area contributed by atoms with E-state index in [1.165, 1.54) is 16.9 Å². The summed E-state index contributed by atoms with van der Waals surface area (Å²) in [6.45, 7) is 0. The summed E-state index contributed by atoms with van der Waals surface area (Å²) < 4.78 is 40.6. The average molecular weight is 333 g/mol. The van der Waals surface area contributed by atoms with E-state index in [1.807, 2.05) is 6.07 Å². The van der Waals surface area contributed by atoms with Crippen molar-refractivity contribution in [2.24, 2.45) is 0 Å². The van der Waals surface area contributed by atoms with Crippen LogP contribution in [0, 0.1) is 0 Å². The molecule has 124 valence electrons. The van der Waals surface area contributed by atoms with Crippen LogP contribution in [0.25, 0.3) is 16.8 Å². The number of nitrogens with zero attached hydrogens (tertiary/aromatic N) is 4. The standard InChI is InChI=1S/C16H14F3N5/c17-16(18,19)6-11-5-10(9-1-2-9)3-4-12(11)14-13-7-21-8-24(13)15(20)23-22-14/h3-5,7-9H,1-2,6H2,(H2,20,23). The number of nitrogen functional groups attached to an aromatic ring is 1. The Labute approximate surface area is 135 Å². The highest BCUT2D eigenvalue weighted by Crippen LogP contribution is 2.42. The molecule has 5 nitrogen and oxygen atoms in total. The minimum absolute atomic E-state index is 0.137. The number of fused-ring (bicyclic) bond motifs is 1. The van der Waals surface area contributed by atoms with Crippen molar-refractivity contribution in [3.63, 3.8) is 0 Å². The van der Waals surface area contributed by atoms with Gasteiger partial charge in [0, 0.05) is 5.56 Å². The van der Waals surface area contributed by atoms with Gasteiger partial charge in [-0.05, 0) is 29.9 Å². The molecule has 0 spiro atoms. The van der Waals surface area contributed by atoms with Crippen LogP contribution in [-0.2, 0) is 6.42 Å². The lowest BCUT2D eigenvalue weighted by Gasteiger charge is -2.14. The largest absolute Gasteiger partial charge is 0.393 e. The third-order valence-electron chi connectivity index (χ3n) is 4.20. The molecular formula is C16H14F3N5. The van der Waals surface area contributed by atoms with Crippen molar-refractivity contribution < 1.29 is 13.2 Å². The van der Waals surface area contributed by atoms with Gasteiger partial charge in [0.15, 0.2) is 0 Å². The predicted octanol–water partition coefficient (Wildman–Crippen LogP) is 3.36. The molecule has 1 aliphatic carbocycles. The second kappa shape index (κ2) is 5.19. The Hall–Kier alpha value is -2.64. The number of anilines is 1. The summed E-state index contributed by atoms with van der Waals surface area (Å²) in [7, 11) is 0. The molecule has 1 aromatic carbocycles. The molecule has 4 rings (SSSR count). The van der Waals surface area contributed by atoms with Gasteiger partial charge in [0.1, 0.15) is 12.0 Å². The van der Waals surface area contributed by atoms with Crippen LogP contribution >= 0.6 is 0 Å². The molecule has 0 amide bonds. The predicted molar refractivity (Wildman–Crippen MR) is 82.4 cm³/mol. The highest BCUT2D eigenvalue weighted by Gasteiger charge is 2.31. The summed E-state index contributed by atoms with van der Waals surface area (Å²) in [5.74, 6) is 0.511. The molecule has 1 aliphatic rings. The number of halogens is 3. The summed E-state index contributed by atoms with van der Waals surface area (Å²) in [4.78, 5) is 3.99. The number of aromatic nitrogens is 4. The van der Waals surface area contributed by atoms with Crippen molar-refractivity contribution in [3.8, 4) is 11.3 Å². The fourth-order valence-corrected chi connectivity index (χ4v) is 2.92. The molecule has 0 aliphatic heterocycles. The lowest BCUT2D eigenvalue weighted by Crippen LogP contribution is -2.13. The highest BCUT2D eigenvalue weighted by molar-refractivity contribution is 5.79. The number of alkyl halides is 3. The van der Waals surface area contributed by atoms with Crippen molar-refractivity contribution in [3.05, 3.63) is 41.9 Å². The van der Waals surface area contributed by atoms with E-state index in [4.69, 9.17) is 5.73 Å². The van der Waals surface area contributed by atoms with Gasteiger partial charge in [0.2, 0.25) is 5.95 Å². The number of hydrogen-bond acceptors (Lipinski definition) is 4. The first-order chi connectivity index (χ1) is 11.4. The first kappa shape index (κ1) is 14.9. The first-order valence-electron chi connectivity index (χ1n) is 7.56. The van der Waals surface area contributed by atoms with Crippen LogP contribution in [0.4, 0.5) is 19.1 Å². The molecule has 2 N–H and O–H groups in total. The van der Waals surface area contributed by atoms with E-state index in [0.717, 1.165) is 18.4 Å². The van der Waals surface area contributed by atoms with Gasteiger partial charge in [-0.15, -0.1) is 10.2 Å². The zero-order valence-electron chi connectivity index (χ0n) is 12.6. The van der Waals surface area contributed by atoms with Gasteiger partial charge in [-0.1, -0.05) is 18.2 Å². The van der Waals surface area contributed by atoms with E-state index in [0.29, 0.717) is 22.7 Å². The van der Waals surface area contributed by atoms with Crippen molar-refractivity contribution in [1.29, 1.82) is 0 Å². The Morgan fingerprint density at radius 1 is 1.21 bits per heavy atom. The average Bonchev–Trinajstić information content (AvgIpc) is 3.24. The van der Waals surface area contributed by atoms with Crippen molar-refractivity contribution >= 4 is 11.5 Å². The molecule has 0 radical (unpaired) electrons. The number of imidazole rings is 1. The smallest absolute Gasteiger partial charge is 0.368 e. The zero-order valence-corrected chi connectivity index (χ0v) is 12.6. The van der Waals surface area contributed by atoms with Gasteiger partial charge in [-0.25, -0.2) is 4.98 Å². The fraction of sp³-hybridized carbons (Fsp3) is 0.312. The number of nitrogens with two attached hydrogens (primary N) is 1. The maximum absolute atomic E-state index is 13.0. The van der Waals surface area contributed by atoms with E-state index in [9.17, 15) is 13.2 Å². The molecule has 2 aromatic heterocycles. The summed E-state index contributed by atoms with van der Waals surface area (Å²) >= 11 is 0. The fourth-order valence-electron chi connectivity index (χ4n) is 2.92. The minimum Gasteiger partial charge on any atom is -0.368 e. The SMILES string of the molecule is Nc1nnc(-c2ccc(C3CC3)cc2CC(F)(F)F)c2cncn12. The van der Waals surface area contributed by atoms with Crippen molar-refractivity contribution in [1.82, 2.24) is 19.6 Å². The van der Waals surface area contributed by atoms with Crippen LogP contribution in [0.1, 0.15) is 29.9 Å². The molecule has 1 fully saturated rings. The quantitative estimate of drug-likeness (QED) is 0.798. The maximum Gasteiger partial charge on any atom is 0.393 e. The van der Waals surface area contributed by atoms with Crippen LogP contribution in [0.2, 0.25) is 0 Å². The lowest BCUT2D eigenvalue weighted by molar-refractivity contribution is -0.127. The molecule has 1 saturated carbocycles. The summed E-state index contributed by atoms with van der Waals surface area (Å²) in [6, 6.07) is 5.21. The van der Waals surface area contributed by atoms with E-state index in [-0.39, 0.29) is 11.5 Å². The summed E-state index contributed by atoms with van der Waals surface area (Å²) in [6.07, 6.45) is -0.264. The molecule has 0 saturated heterocycles. The number of benzene rings is 1. The minimum atomic E-state index is -4.30. The van der Waals surface area contributed by atoms with Gasteiger partial charge in [-0.2, -0.15) is 13.2 Å². The molecule has 0 unspecified atom stereocenters. The third kappa shape index (κ3) is 2.68. The van der Waals surface area contributed by atoms with Gasteiger partial charge in [0.25, 0.3) is 0 Å². The van der Waals surface area contributed by atoms with Crippen molar-refractivity contribution in [2.45, 2.75) is 31.4 Å². The molecular weight excluding hydrogens is 319 g/mol. The molecule has 24 heavy (non-hydrogen) atoms. The number of rotatable bonds is 3. The lowest BCUT2D eigenvalue weighted by atomic mass is 9.96. The van der Waals surface area contributed by atoms with Crippen LogP contribution in [0.3, 0.4) is 0 Å². The van der Waals surface area contributed by atoms with E-state index < -0.39 is 12.6 Å². The number of hydrogen-bond donors (Lipinski definition) is 1. The van der Waals surface area contributed by atoms with Crippen LogP contribution in [0.15, 0.2) is 30.7 Å². The molecule has 3 aromatic rings. The van der Waals surface area contributed by atoms with Crippen molar-refractivity contribution in [2.75, 3.05) is 5.73 Å².